The summed E-state index contributed by atoms with van der Waals surface area (Å²) < 4.78 is 63.1. The molecule has 2 heterocycles. The Hall–Kier alpha value is -5.22. The Morgan fingerprint density at radius 3 is 2.51 bits per heavy atom. The lowest BCUT2D eigenvalue weighted by Crippen LogP contribution is -2.41. The lowest BCUT2D eigenvalue weighted by atomic mass is 9.87. The third-order valence-corrected chi connectivity index (χ3v) is 7.07. The number of carbonyl (C=O) groups is 4. The van der Waals surface area contributed by atoms with Crippen molar-refractivity contribution in [2.75, 3.05) is 18.4 Å². The zero-order valence-electron chi connectivity index (χ0n) is 23.3. The van der Waals surface area contributed by atoms with E-state index in [1.54, 1.807) is 12.1 Å². The maximum absolute atomic E-state index is 13.6. The van der Waals surface area contributed by atoms with Crippen LogP contribution in [0, 0.1) is 0 Å². The number of nitrogens with zero attached hydrogens (tertiary/aromatic N) is 3. The average Bonchev–Trinajstić information content (AvgIpc) is 3.69. The number of guanidine groups is 1. The van der Waals surface area contributed by atoms with E-state index in [0.29, 0.717) is 11.1 Å². The third kappa shape index (κ3) is 7.30. The second kappa shape index (κ2) is 12.4. The minimum atomic E-state index is -5.44. The summed E-state index contributed by atoms with van der Waals surface area (Å²) in [6.07, 6.45) is -4.64. The van der Waals surface area contributed by atoms with Crippen molar-refractivity contribution in [3.05, 3.63) is 53.7 Å². The molecule has 0 saturated heterocycles. The van der Waals surface area contributed by atoms with Gasteiger partial charge < -0.3 is 31.6 Å². The highest BCUT2D eigenvalue weighted by molar-refractivity contribution is 6.07. The van der Waals surface area contributed by atoms with Crippen molar-refractivity contribution in [2.45, 2.75) is 49.7 Å². The smallest absolute Gasteiger partial charge is 0.490 e. The quantitative estimate of drug-likeness (QED) is 0.147. The van der Waals surface area contributed by atoms with Crippen molar-refractivity contribution < 1.29 is 46.2 Å². The van der Waals surface area contributed by atoms with Crippen molar-refractivity contribution >= 4 is 46.3 Å². The molecule has 45 heavy (non-hydrogen) atoms. The number of amides is 2. The summed E-state index contributed by atoms with van der Waals surface area (Å²) in [6.45, 7) is -0.138. The molecule has 2 aromatic carbocycles. The van der Waals surface area contributed by atoms with Crippen molar-refractivity contribution in [2.24, 2.45) is 16.5 Å². The number of benzene rings is 2. The number of fused-ring (bicyclic) bond motifs is 1. The van der Waals surface area contributed by atoms with Crippen LogP contribution in [-0.2, 0) is 19.1 Å². The van der Waals surface area contributed by atoms with Gasteiger partial charge in [0, 0.05) is 16.9 Å². The van der Waals surface area contributed by atoms with Crippen LogP contribution in [0.25, 0.3) is 10.9 Å². The molecule has 2 amide bonds. The molecule has 6 N–H and O–H groups in total. The van der Waals surface area contributed by atoms with E-state index >= 15 is 0 Å². The number of hydrogen-bond donors (Lipinski definition) is 4. The third-order valence-electron chi connectivity index (χ3n) is 7.07. The lowest BCUT2D eigenvalue weighted by molar-refractivity contribution is -0.202. The Morgan fingerprint density at radius 1 is 1.13 bits per heavy atom. The van der Waals surface area contributed by atoms with E-state index in [2.05, 4.69) is 25.5 Å². The molecule has 1 aliphatic heterocycles. The van der Waals surface area contributed by atoms with Crippen LogP contribution in [0.15, 0.2) is 47.6 Å². The molecule has 2 unspecified atom stereocenters. The Kier molecular flexibility index (Phi) is 8.61. The van der Waals surface area contributed by atoms with E-state index in [4.69, 9.17) is 16.2 Å². The molecule has 13 nitrogen and oxygen atoms in total. The Balaban J connectivity index is 1.59. The van der Waals surface area contributed by atoms with Crippen LogP contribution in [0.4, 0.5) is 23.2 Å². The summed E-state index contributed by atoms with van der Waals surface area (Å²) in [5.41, 5.74) is 11.9. The number of aliphatic imine (C=N–C) groups is 1. The summed E-state index contributed by atoms with van der Waals surface area (Å²) in [5.74, 6) is -6.99. The minimum absolute atomic E-state index is 0.0222. The van der Waals surface area contributed by atoms with Gasteiger partial charge in [0.05, 0.1) is 43.0 Å². The number of aromatic nitrogens is 2. The molecule has 1 aliphatic carbocycles. The molecule has 2 aliphatic rings. The standard InChI is InChI=1S/C28H27F4N7O6/c29-15-10-35-27(36-11-15)38-20-7-14(24(33)41)8-21-19(20)12-37-39(21)23(25(34)42)18(9-22(40)45-26(43)28(30,31)32)13-2-1-3-17(6-13)44-16-4-5-16/h1-3,6-8,12,15-16,18,23H,4-5,9-11H2,(H2,33,41)(H2,34,42)(H2,35,36,38)/t18-,23?/m0/s1. The molecule has 1 fully saturated rings. The van der Waals surface area contributed by atoms with Gasteiger partial charge in [-0.1, -0.05) is 12.1 Å². The zero-order chi connectivity index (χ0) is 32.5. The first kappa shape index (κ1) is 31.2. The van der Waals surface area contributed by atoms with Crippen LogP contribution >= 0.6 is 0 Å². The topological polar surface area (TPSA) is 193 Å². The fourth-order valence-corrected chi connectivity index (χ4v) is 4.82. The fourth-order valence-electron chi connectivity index (χ4n) is 4.82. The first-order chi connectivity index (χ1) is 21.3. The number of ether oxygens (including phenoxy) is 2. The number of halogens is 4. The summed E-state index contributed by atoms with van der Waals surface area (Å²) in [4.78, 5) is 53.5. The van der Waals surface area contributed by atoms with Crippen molar-refractivity contribution in [1.82, 2.24) is 15.1 Å². The van der Waals surface area contributed by atoms with Gasteiger partial charge in [-0.2, -0.15) is 18.3 Å². The number of hydrogen-bond acceptors (Lipinski definition) is 10. The second-order valence-electron chi connectivity index (χ2n) is 10.5. The second-order valence-corrected chi connectivity index (χ2v) is 10.5. The van der Waals surface area contributed by atoms with Crippen LogP contribution in [0.5, 0.6) is 5.75 Å². The maximum Gasteiger partial charge on any atom is 0.491 e. The molecule has 3 atom stereocenters. The molecule has 1 aromatic heterocycles. The highest BCUT2D eigenvalue weighted by atomic mass is 19.4. The monoisotopic (exact) mass is 633 g/mol. The van der Waals surface area contributed by atoms with Gasteiger partial charge in [0.15, 0.2) is 5.96 Å². The number of nitrogens with one attached hydrogen (secondary N) is 2. The predicted octanol–water partition coefficient (Wildman–Crippen LogP) is 2.22. The molecule has 238 valence electrons. The van der Waals surface area contributed by atoms with E-state index in [1.165, 1.54) is 30.5 Å². The van der Waals surface area contributed by atoms with Crippen LogP contribution < -0.4 is 26.8 Å². The number of rotatable bonds is 10. The molecule has 3 aromatic rings. The normalized spacial score (nSPS) is 17.9. The van der Waals surface area contributed by atoms with E-state index in [1.807, 2.05) is 0 Å². The summed E-state index contributed by atoms with van der Waals surface area (Å²) in [7, 11) is 0. The van der Waals surface area contributed by atoms with E-state index in [0.717, 1.165) is 17.5 Å². The molecular formula is C28H27F4N7O6. The van der Waals surface area contributed by atoms with E-state index in [-0.39, 0.29) is 47.5 Å². The van der Waals surface area contributed by atoms with Gasteiger partial charge in [-0.05, 0) is 42.7 Å². The van der Waals surface area contributed by atoms with Crippen molar-refractivity contribution in [3.8, 4) is 5.75 Å². The molecule has 0 bridgehead atoms. The largest absolute Gasteiger partial charge is 0.491 e. The van der Waals surface area contributed by atoms with Gasteiger partial charge in [0.1, 0.15) is 18.0 Å². The van der Waals surface area contributed by atoms with Crippen LogP contribution in [0.3, 0.4) is 0 Å². The Labute approximate surface area is 251 Å². The lowest BCUT2D eigenvalue weighted by Gasteiger charge is -2.26. The average molecular weight is 634 g/mol. The van der Waals surface area contributed by atoms with Crippen LogP contribution in [0.2, 0.25) is 0 Å². The first-order valence-corrected chi connectivity index (χ1v) is 13.7. The maximum atomic E-state index is 13.6. The van der Waals surface area contributed by atoms with Gasteiger partial charge >= 0.3 is 18.1 Å². The SMILES string of the molecule is NC(=O)c1cc(NC2=NCC(F)CN2)c2cnn(C(C(N)=O)[C@@H](CC(=O)OC(=O)C(F)(F)F)c3cccc(OC4CC4)c3)c2c1. The molecule has 0 spiro atoms. The molecule has 17 heteroatoms. The number of nitrogens with two attached hydrogens (primary N) is 2. The van der Waals surface area contributed by atoms with Crippen molar-refractivity contribution in [1.29, 1.82) is 0 Å². The highest BCUT2D eigenvalue weighted by Gasteiger charge is 2.43. The van der Waals surface area contributed by atoms with Gasteiger partial charge in [0.2, 0.25) is 11.8 Å². The predicted molar refractivity (Wildman–Crippen MR) is 150 cm³/mol. The fraction of sp³-hybridized carbons (Fsp3) is 0.357. The molecule has 0 radical (unpaired) electrons. The number of carbonyl (C=O) groups excluding carboxylic acids is 4. The molecular weight excluding hydrogens is 606 g/mol. The molecule has 5 rings (SSSR count). The highest BCUT2D eigenvalue weighted by Crippen LogP contribution is 2.38. The summed E-state index contributed by atoms with van der Waals surface area (Å²) in [6, 6.07) is 7.30. The van der Waals surface area contributed by atoms with Gasteiger partial charge in [-0.25, -0.2) is 14.2 Å². The van der Waals surface area contributed by atoms with Crippen molar-refractivity contribution in [3.63, 3.8) is 0 Å². The minimum Gasteiger partial charge on any atom is -0.490 e. The summed E-state index contributed by atoms with van der Waals surface area (Å²) in [5, 5.41) is 10.3. The number of primary amides is 2. The Morgan fingerprint density at radius 2 is 1.89 bits per heavy atom. The van der Waals surface area contributed by atoms with Gasteiger partial charge in [-0.3, -0.25) is 19.1 Å². The zero-order valence-corrected chi connectivity index (χ0v) is 23.3. The van der Waals surface area contributed by atoms with Crippen LogP contribution in [-0.4, -0.2) is 71.0 Å². The van der Waals surface area contributed by atoms with Gasteiger partial charge in [0.25, 0.3) is 0 Å². The number of anilines is 1. The van der Waals surface area contributed by atoms with Gasteiger partial charge in [-0.15, -0.1) is 0 Å². The van der Waals surface area contributed by atoms with Crippen LogP contribution in [0.1, 0.15) is 47.1 Å². The summed E-state index contributed by atoms with van der Waals surface area (Å²) >= 11 is 0. The van der Waals surface area contributed by atoms with E-state index in [9.17, 15) is 36.7 Å². The number of esters is 2. The number of alkyl halides is 4. The Bertz CT molecular complexity index is 1690. The first-order valence-electron chi connectivity index (χ1n) is 13.7. The van der Waals surface area contributed by atoms with E-state index < -0.39 is 54.5 Å². The molecule has 1 saturated carbocycles.